The lowest BCUT2D eigenvalue weighted by atomic mass is 10.1. The average Bonchev–Trinajstić information content (AvgIpc) is 2.66. The van der Waals surface area contributed by atoms with Gasteiger partial charge in [-0.1, -0.05) is 15.9 Å². The summed E-state index contributed by atoms with van der Waals surface area (Å²) in [5.41, 5.74) is 0.0132. The molecule has 3 rings (SSSR count). The van der Waals surface area contributed by atoms with Crippen LogP contribution in [0.5, 0.6) is 11.5 Å². The number of benzene rings is 2. The first-order valence-electron chi connectivity index (χ1n) is 8.65. The maximum Gasteiger partial charge on any atom is 0.264 e. The number of sulfonamides is 1. The number of halogens is 3. The number of rotatable bonds is 6. The first kappa shape index (κ1) is 21.5. The van der Waals surface area contributed by atoms with Gasteiger partial charge in [-0.15, -0.1) is 0 Å². The van der Waals surface area contributed by atoms with E-state index in [2.05, 4.69) is 15.9 Å². The van der Waals surface area contributed by atoms with Crippen LogP contribution in [-0.2, 0) is 14.8 Å². The van der Waals surface area contributed by atoms with Crippen molar-refractivity contribution in [1.29, 1.82) is 0 Å². The molecule has 0 aromatic heterocycles. The summed E-state index contributed by atoms with van der Waals surface area (Å²) >= 11 is 3.16. The molecule has 1 aliphatic rings. The van der Waals surface area contributed by atoms with E-state index in [1.165, 1.54) is 20.1 Å². The molecule has 0 radical (unpaired) electrons. The predicted octanol–water partition coefficient (Wildman–Crippen LogP) is 4.06. The van der Waals surface area contributed by atoms with Crippen molar-refractivity contribution in [3.8, 4) is 11.5 Å². The molecule has 2 aromatic carbocycles. The maximum atomic E-state index is 14.5. The number of nitrogens with zero attached hydrogens (tertiary/aromatic N) is 1. The SMILES string of the molecule is COc1cc(S(=O)(=O)N2C[C@H](CCC(C)=O)Oc3c(F)cc(Br)cc32)ccc1F. The number of Topliss-reactive ketones (excluding diaryl/α,β-unsaturated/α-hetero) is 1. The molecule has 0 saturated carbocycles. The van der Waals surface area contributed by atoms with Crippen molar-refractivity contribution >= 4 is 37.4 Å². The third-order valence-corrected chi connectivity index (χ3v) is 6.67. The number of ketones is 1. The van der Waals surface area contributed by atoms with Gasteiger partial charge in [0.25, 0.3) is 10.0 Å². The number of hydrogen-bond donors (Lipinski definition) is 0. The minimum atomic E-state index is -4.20. The van der Waals surface area contributed by atoms with Gasteiger partial charge in [-0.05, 0) is 37.6 Å². The van der Waals surface area contributed by atoms with E-state index in [1.807, 2.05) is 0 Å². The molecule has 1 aliphatic heterocycles. The third kappa shape index (κ3) is 4.37. The molecule has 0 aliphatic carbocycles. The second kappa shape index (κ2) is 8.27. The van der Waals surface area contributed by atoms with Gasteiger partial charge in [0.2, 0.25) is 0 Å². The number of anilines is 1. The minimum Gasteiger partial charge on any atom is -0.494 e. The van der Waals surface area contributed by atoms with Crippen molar-refractivity contribution < 1.29 is 31.5 Å². The molecule has 10 heteroatoms. The quantitative estimate of drug-likeness (QED) is 0.611. The summed E-state index contributed by atoms with van der Waals surface area (Å²) in [5, 5.41) is 0. The molecule has 0 amide bonds. The van der Waals surface area contributed by atoms with Gasteiger partial charge in [0.05, 0.1) is 24.2 Å². The lowest BCUT2D eigenvalue weighted by Crippen LogP contribution is -2.44. The Kier molecular flexibility index (Phi) is 6.13. The summed E-state index contributed by atoms with van der Waals surface area (Å²) in [6, 6.07) is 5.76. The molecule has 0 saturated heterocycles. The van der Waals surface area contributed by atoms with Crippen molar-refractivity contribution in [2.45, 2.75) is 30.8 Å². The van der Waals surface area contributed by atoms with Gasteiger partial charge < -0.3 is 14.3 Å². The van der Waals surface area contributed by atoms with Crippen molar-refractivity contribution in [3.63, 3.8) is 0 Å². The molecule has 0 bridgehead atoms. The van der Waals surface area contributed by atoms with Crippen LogP contribution in [0, 0.1) is 11.6 Å². The van der Waals surface area contributed by atoms with E-state index in [9.17, 15) is 22.0 Å². The molecular weight excluding hydrogens is 472 g/mol. The first-order chi connectivity index (χ1) is 13.6. The number of ether oxygens (including phenoxy) is 2. The normalized spacial score (nSPS) is 16.2. The van der Waals surface area contributed by atoms with Crippen molar-refractivity contribution in [1.82, 2.24) is 0 Å². The molecule has 0 N–H and O–H groups in total. The van der Waals surface area contributed by atoms with Crippen LogP contribution in [0.4, 0.5) is 14.5 Å². The summed E-state index contributed by atoms with van der Waals surface area (Å²) < 4.78 is 66.8. The molecule has 2 aromatic rings. The van der Waals surface area contributed by atoms with Crippen molar-refractivity contribution in [2.75, 3.05) is 18.0 Å². The Labute approximate surface area is 175 Å². The van der Waals surface area contributed by atoms with E-state index in [4.69, 9.17) is 9.47 Å². The Balaban J connectivity index is 2.09. The lowest BCUT2D eigenvalue weighted by molar-refractivity contribution is -0.117. The molecule has 29 heavy (non-hydrogen) atoms. The lowest BCUT2D eigenvalue weighted by Gasteiger charge is -2.35. The zero-order chi connectivity index (χ0) is 21.3. The van der Waals surface area contributed by atoms with E-state index in [-0.39, 0.29) is 47.3 Å². The number of carbonyl (C=O) groups is 1. The van der Waals surface area contributed by atoms with Gasteiger partial charge in [-0.3, -0.25) is 4.31 Å². The smallest absolute Gasteiger partial charge is 0.264 e. The molecule has 0 unspecified atom stereocenters. The number of hydrogen-bond acceptors (Lipinski definition) is 5. The van der Waals surface area contributed by atoms with Gasteiger partial charge in [0.1, 0.15) is 11.9 Å². The molecular formula is C19H18BrF2NO5S. The molecule has 156 valence electrons. The van der Waals surface area contributed by atoms with E-state index in [0.29, 0.717) is 4.47 Å². The van der Waals surface area contributed by atoms with Gasteiger partial charge >= 0.3 is 0 Å². The fourth-order valence-electron chi connectivity index (χ4n) is 3.01. The number of carbonyl (C=O) groups excluding carboxylic acids is 1. The Morgan fingerprint density at radius 3 is 2.66 bits per heavy atom. The second-order valence-electron chi connectivity index (χ2n) is 6.55. The molecule has 0 fully saturated rings. The van der Waals surface area contributed by atoms with Crippen LogP contribution in [0.1, 0.15) is 19.8 Å². The summed E-state index contributed by atoms with van der Waals surface area (Å²) in [4.78, 5) is 11.1. The van der Waals surface area contributed by atoms with Crippen LogP contribution >= 0.6 is 15.9 Å². The highest BCUT2D eigenvalue weighted by molar-refractivity contribution is 9.10. The fraction of sp³-hybridized carbons (Fsp3) is 0.316. The standard InChI is InChI=1S/C19H18BrF2NO5S/c1-11(24)3-4-13-10-23(17-8-12(20)7-16(22)19(17)28-13)29(25,26)14-5-6-15(21)18(9-14)27-2/h5-9,13H,3-4,10H2,1-2H3/t13-/m0/s1. The summed E-state index contributed by atoms with van der Waals surface area (Å²) in [6.07, 6.45) is -0.335. The van der Waals surface area contributed by atoms with Gasteiger partial charge in [-0.25, -0.2) is 17.2 Å². The zero-order valence-corrected chi connectivity index (χ0v) is 18.0. The van der Waals surface area contributed by atoms with E-state index < -0.39 is 27.8 Å². The van der Waals surface area contributed by atoms with E-state index >= 15 is 0 Å². The predicted molar refractivity (Wildman–Crippen MR) is 106 cm³/mol. The van der Waals surface area contributed by atoms with Crippen LogP contribution in [-0.4, -0.2) is 34.0 Å². The minimum absolute atomic E-state index is 0.0132. The first-order valence-corrected chi connectivity index (χ1v) is 10.9. The summed E-state index contributed by atoms with van der Waals surface area (Å²) in [5.74, 6) is -1.98. The molecule has 6 nitrogen and oxygen atoms in total. The van der Waals surface area contributed by atoms with Gasteiger partial charge in [0.15, 0.2) is 23.1 Å². The highest BCUT2D eigenvalue weighted by Gasteiger charge is 2.36. The Bertz CT molecular complexity index is 1060. The molecule has 1 heterocycles. The Hall–Kier alpha value is -2.20. The van der Waals surface area contributed by atoms with Gasteiger partial charge in [0, 0.05) is 17.0 Å². The highest BCUT2D eigenvalue weighted by Crippen LogP contribution is 2.42. The third-order valence-electron chi connectivity index (χ3n) is 4.44. The van der Waals surface area contributed by atoms with E-state index in [1.54, 1.807) is 0 Å². The van der Waals surface area contributed by atoms with Gasteiger partial charge in [-0.2, -0.15) is 0 Å². The van der Waals surface area contributed by atoms with Crippen LogP contribution in [0.15, 0.2) is 39.7 Å². The Morgan fingerprint density at radius 1 is 1.28 bits per heavy atom. The second-order valence-corrected chi connectivity index (χ2v) is 9.33. The van der Waals surface area contributed by atoms with E-state index in [0.717, 1.165) is 28.6 Å². The van der Waals surface area contributed by atoms with Crippen molar-refractivity contribution in [2.24, 2.45) is 0 Å². The van der Waals surface area contributed by atoms with Crippen LogP contribution in [0.3, 0.4) is 0 Å². The van der Waals surface area contributed by atoms with Crippen LogP contribution < -0.4 is 13.8 Å². The highest BCUT2D eigenvalue weighted by atomic mass is 79.9. The molecule has 1 atom stereocenters. The van der Waals surface area contributed by atoms with Crippen LogP contribution in [0.2, 0.25) is 0 Å². The maximum absolute atomic E-state index is 14.5. The average molecular weight is 490 g/mol. The molecule has 0 spiro atoms. The summed E-state index contributed by atoms with van der Waals surface area (Å²) in [7, 11) is -2.97. The fourth-order valence-corrected chi connectivity index (χ4v) is 4.93. The monoisotopic (exact) mass is 489 g/mol. The largest absolute Gasteiger partial charge is 0.494 e. The Morgan fingerprint density at radius 2 is 2.00 bits per heavy atom. The van der Waals surface area contributed by atoms with Crippen molar-refractivity contribution in [3.05, 3.63) is 46.4 Å². The number of fused-ring (bicyclic) bond motifs is 1. The zero-order valence-electron chi connectivity index (χ0n) is 15.6. The topological polar surface area (TPSA) is 72.9 Å². The number of methoxy groups -OCH3 is 1. The van der Waals surface area contributed by atoms with Crippen LogP contribution in [0.25, 0.3) is 0 Å². The summed E-state index contributed by atoms with van der Waals surface area (Å²) in [6.45, 7) is 1.28.